The quantitative estimate of drug-likeness (QED) is 0.827. The number of hydrogen-bond donors (Lipinski definition) is 1. The molecule has 0 amide bonds. The highest BCUT2D eigenvalue weighted by Crippen LogP contribution is 2.19. The molecule has 0 fully saturated rings. The van der Waals surface area contributed by atoms with Gasteiger partial charge < -0.3 is 14.5 Å². The van der Waals surface area contributed by atoms with E-state index in [0.29, 0.717) is 17.3 Å². The summed E-state index contributed by atoms with van der Waals surface area (Å²) < 4.78 is 9.93. The topological polar surface area (TPSA) is 77.2 Å². The Morgan fingerprint density at radius 2 is 2.17 bits per heavy atom. The molecule has 2 rings (SSSR count). The summed E-state index contributed by atoms with van der Waals surface area (Å²) in [4.78, 5) is 10.9. The summed E-state index contributed by atoms with van der Waals surface area (Å²) in [5.41, 5.74) is 0.645. The summed E-state index contributed by atoms with van der Waals surface area (Å²) in [6.45, 7) is 1.92. The maximum atomic E-state index is 10.9. The number of nitrogens with one attached hydrogen (secondary N) is 1. The molecule has 0 aliphatic rings. The number of esters is 1. The van der Waals surface area contributed by atoms with Gasteiger partial charge in [-0.15, -0.1) is 10.2 Å². The van der Waals surface area contributed by atoms with Crippen molar-refractivity contribution in [3.63, 3.8) is 0 Å². The Kier molecular flexibility index (Phi) is 3.57. The van der Waals surface area contributed by atoms with Crippen LogP contribution in [-0.2, 0) is 9.53 Å². The number of aryl methyl sites for hydroxylation is 1. The molecule has 6 heteroatoms. The van der Waals surface area contributed by atoms with E-state index in [0.717, 1.165) is 5.76 Å². The van der Waals surface area contributed by atoms with Gasteiger partial charge in [0.05, 0.1) is 7.11 Å². The van der Waals surface area contributed by atoms with E-state index in [1.807, 2.05) is 19.1 Å². The Balaban J connectivity index is 2.03. The SMILES string of the molecule is COC(=O)CNc1ccc(-c2ccc(C)o2)nn1. The lowest BCUT2D eigenvalue weighted by atomic mass is 10.3. The number of ether oxygens (including phenoxy) is 1. The van der Waals surface area contributed by atoms with Gasteiger partial charge in [-0.2, -0.15) is 0 Å². The van der Waals surface area contributed by atoms with Crippen LogP contribution < -0.4 is 5.32 Å². The highest BCUT2D eigenvalue weighted by atomic mass is 16.5. The van der Waals surface area contributed by atoms with E-state index in [1.54, 1.807) is 12.1 Å². The van der Waals surface area contributed by atoms with Crippen molar-refractivity contribution in [2.24, 2.45) is 0 Å². The molecule has 0 aromatic carbocycles. The first-order chi connectivity index (χ1) is 8.69. The summed E-state index contributed by atoms with van der Waals surface area (Å²) in [6.07, 6.45) is 0. The molecule has 0 saturated heterocycles. The van der Waals surface area contributed by atoms with E-state index in [4.69, 9.17) is 4.42 Å². The van der Waals surface area contributed by atoms with Crippen LogP contribution in [0, 0.1) is 6.92 Å². The molecule has 0 radical (unpaired) electrons. The predicted molar refractivity (Wildman–Crippen MR) is 65.0 cm³/mol. The van der Waals surface area contributed by atoms with E-state index in [1.165, 1.54) is 7.11 Å². The van der Waals surface area contributed by atoms with Crippen LogP contribution in [-0.4, -0.2) is 29.8 Å². The van der Waals surface area contributed by atoms with Crippen molar-refractivity contribution in [3.8, 4) is 11.5 Å². The lowest BCUT2D eigenvalue weighted by molar-refractivity contribution is -0.138. The Morgan fingerprint density at radius 3 is 2.72 bits per heavy atom. The second kappa shape index (κ2) is 5.31. The lowest BCUT2D eigenvalue weighted by Gasteiger charge is -2.03. The van der Waals surface area contributed by atoms with Crippen LogP contribution in [0.1, 0.15) is 5.76 Å². The number of methoxy groups -OCH3 is 1. The molecular weight excluding hydrogens is 234 g/mol. The van der Waals surface area contributed by atoms with Gasteiger partial charge in [-0.25, -0.2) is 0 Å². The van der Waals surface area contributed by atoms with E-state index < -0.39 is 0 Å². The molecule has 0 atom stereocenters. The normalized spacial score (nSPS) is 10.1. The number of furan rings is 1. The third kappa shape index (κ3) is 2.85. The summed E-state index contributed by atoms with van der Waals surface area (Å²) in [7, 11) is 1.33. The largest absolute Gasteiger partial charge is 0.468 e. The first-order valence-electron chi connectivity index (χ1n) is 5.40. The van der Waals surface area contributed by atoms with Gasteiger partial charge in [0.2, 0.25) is 0 Å². The van der Waals surface area contributed by atoms with Gasteiger partial charge >= 0.3 is 5.97 Å². The van der Waals surface area contributed by atoms with Crippen molar-refractivity contribution in [3.05, 3.63) is 30.0 Å². The fourth-order valence-corrected chi connectivity index (χ4v) is 1.37. The molecule has 0 unspecified atom stereocenters. The first kappa shape index (κ1) is 12.1. The zero-order valence-electron chi connectivity index (χ0n) is 10.1. The molecule has 0 aliphatic carbocycles. The highest BCUT2D eigenvalue weighted by molar-refractivity contribution is 5.74. The maximum Gasteiger partial charge on any atom is 0.325 e. The van der Waals surface area contributed by atoms with Crippen molar-refractivity contribution in [1.29, 1.82) is 0 Å². The first-order valence-corrected chi connectivity index (χ1v) is 5.40. The monoisotopic (exact) mass is 247 g/mol. The number of nitrogens with zero attached hydrogens (tertiary/aromatic N) is 2. The van der Waals surface area contributed by atoms with Crippen LogP contribution in [0.5, 0.6) is 0 Å². The van der Waals surface area contributed by atoms with Crippen LogP contribution in [0.25, 0.3) is 11.5 Å². The smallest absolute Gasteiger partial charge is 0.325 e. The van der Waals surface area contributed by atoms with Gasteiger partial charge in [0.25, 0.3) is 0 Å². The summed E-state index contributed by atoms with van der Waals surface area (Å²) >= 11 is 0. The fraction of sp³-hybridized carbons (Fsp3) is 0.250. The molecule has 94 valence electrons. The van der Waals surface area contributed by atoms with E-state index in [2.05, 4.69) is 20.3 Å². The Bertz CT molecular complexity index is 534. The second-order valence-corrected chi connectivity index (χ2v) is 3.64. The zero-order chi connectivity index (χ0) is 13.0. The van der Waals surface area contributed by atoms with Crippen molar-refractivity contribution in [2.75, 3.05) is 19.0 Å². The third-order valence-corrected chi connectivity index (χ3v) is 2.30. The third-order valence-electron chi connectivity index (χ3n) is 2.30. The predicted octanol–water partition coefficient (Wildman–Crippen LogP) is 1.63. The number of carbonyl (C=O) groups excluding carboxylic acids is 1. The van der Waals surface area contributed by atoms with Gasteiger partial charge in [0, 0.05) is 0 Å². The van der Waals surface area contributed by atoms with Gasteiger partial charge in [0.1, 0.15) is 23.8 Å². The molecule has 2 aromatic rings. The van der Waals surface area contributed by atoms with Crippen molar-refractivity contribution >= 4 is 11.8 Å². The minimum atomic E-state index is -0.359. The van der Waals surface area contributed by atoms with E-state index >= 15 is 0 Å². The van der Waals surface area contributed by atoms with Crippen LogP contribution in [0.3, 0.4) is 0 Å². The molecule has 1 N–H and O–H groups in total. The minimum Gasteiger partial charge on any atom is -0.468 e. The van der Waals surface area contributed by atoms with Gasteiger partial charge in [0.15, 0.2) is 5.76 Å². The molecular formula is C12H13N3O3. The number of hydrogen-bond acceptors (Lipinski definition) is 6. The van der Waals surface area contributed by atoms with E-state index in [-0.39, 0.29) is 12.5 Å². The van der Waals surface area contributed by atoms with Crippen molar-refractivity contribution in [2.45, 2.75) is 6.92 Å². The van der Waals surface area contributed by atoms with Crippen LogP contribution in [0.15, 0.2) is 28.7 Å². The summed E-state index contributed by atoms with van der Waals surface area (Å²) in [6, 6.07) is 7.19. The maximum absolute atomic E-state index is 10.9. The fourth-order valence-electron chi connectivity index (χ4n) is 1.37. The molecule has 0 spiro atoms. The van der Waals surface area contributed by atoms with Crippen LogP contribution in [0.4, 0.5) is 5.82 Å². The van der Waals surface area contributed by atoms with Gasteiger partial charge in [-0.05, 0) is 31.2 Å². The molecule has 0 aliphatic heterocycles. The lowest BCUT2D eigenvalue weighted by Crippen LogP contribution is -2.15. The minimum absolute atomic E-state index is 0.0599. The standard InChI is InChI=1S/C12H13N3O3/c1-8-3-5-10(18-8)9-4-6-11(15-14-9)13-7-12(16)17-2/h3-6H,7H2,1-2H3,(H,13,15). The Hall–Kier alpha value is -2.37. The molecule has 0 bridgehead atoms. The van der Waals surface area contributed by atoms with Crippen molar-refractivity contribution in [1.82, 2.24) is 10.2 Å². The Morgan fingerprint density at radius 1 is 1.33 bits per heavy atom. The molecule has 6 nitrogen and oxygen atoms in total. The summed E-state index contributed by atoms with van der Waals surface area (Å²) in [5, 5.41) is 10.7. The second-order valence-electron chi connectivity index (χ2n) is 3.64. The zero-order valence-corrected chi connectivity index (χ0v) is 10.1. The molecule has 0 saturated carbocycles. The van der Waals surface area contributed by atoms with Crippen molar-refractivity contribution < 1.29 is 13.9 Å². The number of aromatic nitrogens is 2. The van der Waals surface area contributed by atoms with Crippen LogP contribution >= 0.6 is 0 Å². The van der Waals surface area contributed by atoms with Gasteiger partial charge in [-0.3, -0.25) is 4.79 Å². The number of carbonyl (C=O) groups is 1. The van der Waals surface area contributed by atoms with Crippen LogP contribution in [0.2, 0.25) is 0 Å². The molecule has 2 heterocycles. The number of rotatable bonds is 4. The summed E-state index contributed by atoms with van der Waals surface area (Å²) in [5.74, 6) is 1.63. The average molecular weight is 247 g/mol. The molecule has 2 aromatic heterocycles. The number of anilines is 1. The molecule has 18 heavy (non-hydrogen) atoms. The van der Waals surface area contributed by atoms with E-state index in [9.17, 15) is 4.79 Å². The highest BCUT2D eigenvalue weighted by Gasteiger charge is 2.06. The average Bonchev–Trinajstić information content (AvgIpc) is 2.83. The Labute approximate surface area is 104 Å². The van der Waals surface area contributed by atoms with Gasteiger partial charge in [-0.1, -0.05) is 0 Å².